The number of nitrogens with one attached hydrogen (secondary N) is 1. The maximum Gasteiger partial charge on any atom is 0.277 e. The van der Waals surface area contributed by atoms with Gasteiger partial charge in [0.25, 0.3) is 5.91 Å². The first-order chi connectivity index (χ1) is 13.7. The highest BCUT2D eigenvalue weighted by Gasteiger charge is 2.21. The van der Waals surface area contributed by atoms with Crippen LogP contribution in [0.2, 0.25) is 5.02 Å². The topological polar surface area (TPSA) is 85.4 Å². The molecular formula is C19H20ClN5O3. The van der Waals surface area contributed by atoms with Gasteiger partial charge in [-0.1, -0.05) is 22.8 Å². The molecule has 1 saturated heterocycles. The summed E-state index contributed by atoms with van der Waals surface area (Å²) in [5.41, 5.74) is 2.37. The van der Waals surface area contributed by atoms with Crippen molar-refractivity contribution in [3.63, 3.8) is 0 Å². The second-order valence-corrected chi connectivity index (χ2v) is 6.76. The summed E-state index contributed by atoms with van der Waals surface area (Å²) in [6.45, 7) is 5.41. The lowest BCUT2D eigenvalue weighted by molar-refractivity contribution is 0.101. The number of hydrogen-bond donors (Lipinski definition) is 1. The molecule has 0 radical (unpaired) electrons. The Morgan fingerprint density at radius 1 is 1.32 bits per heavy atom. The molecule has 0 bridgehead atoms. The van der Waals surface area contributed by atoms with Crippen molar-refractivity contribution in [1.82, 2.24) is 14.9 Å². The number of amides is 1. The van der Waals surface area contributed by atoms with Gasteiger partial charge in [-0.3, -0.25) is 9.48 Å². The minimum absolute atomic E-state index is 0.187. The fraction of sp³-hybridized carbons (Fsp3) is 0.316. The van der Waals surface area contributed by atoms with Crippen molar-refractivity contribution in [2.24, 2.45) is 0 Å². The van der Waals surface area contributed by atoms with Gasteiger partial charge in [0.1, 0.15) is 0 Å². The summed E-state index contributed by atoms with van der Waals surface area (Å²) in [4.78, 5) is 14.8. The first kappa shape index (κ1) is 18.5. The van der Waals surface area contributed by atoms with Crippen molar-refractivity contribution in [1.29, 1.82) is 0 Å². The van der Waals surface area contributed by atoms with Crippen molar-refractivity contribution in [2.75, 3.05) is 36.5 Å². The number of aromatic nitrogens is 3. The zero-order valence-electron chi connectivity index (χ0n) is 15.4. The molecule has 0 atom stereocenters. The number of benzene rings is 1. The van der Waals surface area contributed by atoms with E-state index in [1.165, 1.54) is 0 Å². The van der Waals surface area contributed by atoms with Gasteiger partial charge in [0.05, 0.1) is 41.4 Å². The van der Waals surface area contributed by atoms with E-state index in [4.69, 9.17) is 20.9 Å². The highest BCUT2D eigenvalue weighted by atomic mass is 35.5. The minimum Gasteiger partial charge on any atom is -0.378 e. The minimum atomic E-state index is -0.366. The second kappa shape index (κ2) is 8.04. The molecule has 146 valence electrons. The third kappa shape index (κ3) is 3.74. The molecule has 1 N–H and O–H groups in total. The van der Waals surface area contributed by atoms with Crippen LogP contribution in [-0.2, 0) is 11.3 Å². The Morgan fingerprint density at radius 3 is 2.89 bits per heavy atom. The normalized spacial score (nSPS) is 14.3. The fourth-order valence-electron chi connectivity index (χ4n) is 3.09. The number of anilines is 2. The Hall–Kier alpha value is -2.84. The van der Waals surface area contributed by atoms with Gasteiger partial charge < -0.3 is 19.5 Å². The van der Waals surface area contributed by atoms with E-state index in [1.54, 1.807) is 23.0 Å². The molecule has 3 heterocycles. The molecule has 4 rings (SSSR count). The molecule has 1 aliphatic heterocycles. The molecule has 0 unspecified atom stereocenters. The lowest BCUT2D eigenvalue weighted by Gasteiger charge is -2.31. The molecule has 1 aliphatic rings. The van der Waals surface area contributed by atoms with Gasteiger partial charge in [0, 0.05) is 31.9 Å². The Bertz CT molecular complexity index is 978. The molecule has 8 nitrogen and oxygen atoms in total. The van der Waals surface area contributed by atoms with E-state index in [-0.39, 0.29) is 11.6 Å². The number of carbonyl (C=O) groups is 1. The average Bonchev–Trinajstić information content (AvgIpc) is 3.38. The number of morpholine rings is 1. The van der Waals surface area contributed by atoms with Gasteiger partial charge >= 0.3 is 0 Å². The summed E-state index contributed by atoms with van der Waals surface area (Å²) < 4.78 is 12.5. The van der Waals surface area contributed by atoms with Gasteiger partial charge in [0.15, 0.2) is 11.5 Å². The number of nitrogens with zero attached hydrogens (tertiary/aromatic N) is 4. The molecule has 2 aromatic heterocycles. The molecule has 3 aromatic rings. The number of aryl methyl sites for hydroxylation is 1. The van der Waals surface area contributed by atoms with Crippen LogP contribution in [0.4, 0.5) is 11.4 Å². The zero-order chi connectivity index (χ0) is 19.5. The molecule has 9 heteroatoms. The third-order valence-electron chi connectivity index (χ3n) is 4.55. The van der Waals surface area contributed by atoms with Gasteiger partial charge in [-0.15, -0.1) is 0 Å². The fourth-order valence-corrected chi connectivity index (χ4v) is 3.39. The van der Waals surface area contributed by atoms with Crippen molar-refractivity contribution < 1.29 is 14.1 Å². The Labute approximate surface area is 167 Å². The average molecular weight is 402 g/mol. The molecule has 1 aromatic carbocycles. The number of para-hydroxylation sites is 1. The molecule has 0 spiro atoms. The van der Waals surface area contributed by atoms with Crippen LogP contribution in [0.25, 0.3) is 11.3 Å². The molecule has 1 fully saturated rings. The smallest absolute Gasteiger partial charge is 0.277 e. The number of ether oxygens (including phenoxy) is 1. The first-order valence-corrected chi connectivity index (χ1v) is 9.45. The van der Waals surface area contributed by atoms with Crippen molar-refractivity contribution in [2.45, 2.75) is 13.5 Å². The summed E-state index contributed by atoms with van der Waals surface area (Å²) >= 11 is 6.42. The Kier molecular flexibility index (Phi) is 5.31. The van der Waals surface area contributed by atoms with Gasteiger partial charge in [-0.2, -0.15) is 5.10 Å². The maximum atomic E-state index is 12.7. The summed E-state index contributed by atoms with van der Waals surface area (Å²) in [5.74, 6) is 0.124. The predicted octanol–water partition coefficient (Wildman–Crippen LogP) is 3.30. The Morgan fingerprint density at radius 2 is 2.14 bits per heavy atom. The Balaban J connectivity index is 1.55. The van der Waals surface area contributed by atoms with Crippen LogP contribution in [-0.4, -0.2) is 47.1 Å². The van der Waals surface area contributed by atoms with E-state index in [9.17, 15) is 4.79 Å². The van der Waals surface area contributed by atoms with Gasteiger partial charge in [-0.05, 0) is 19.1 Å². The monoisotopic (exact) mass is 401 g/mol. The maximum absolute atomic E-state index is 12.7. The van der Waals surface area contributed by atoms with E-state index >= 15 is 0 Å². The summed E-state index contributed by atoms with van der Waals surface area (Å²) in [5, 5.41) is 11.6. The number of rotatable bonds is 5. The highest BCUT2D eigenvalue weighted by Crippen LogP contribution is 2.34. The van der Waals surface area contributed by atoms with Crippen LogP contribution < -0.4 is 10.2 Å². The van der Waals surface area contributed by atoms with Crippen LogP contribution in [0.15, 0.2) is 41.2 Å². The second-order valence-electron chi connectivity index (χ2n) is 6.35. The van der Waals surface area contributed by atoms with Crippen LogP contribution in [0.5, 0.6) is 0 Å². The van der Waals surface area contributed by atoms with Crippen LogP contribution in [0.3, 0.4) is 0 Å². The van der Waals surface area contributed by atoms with Crippen molar-refractivity contribution in [3.05, 3.63) is 47.4 Å². The van der Waals surface area contributed by atoms with E-state index in [1.807, 2.05) is 25.3 Å². The van der Waals surface area contributed by atoms with E-state index in [2.05, 4.69) is 20.5 Å². The molecule has 1 amide bonds. The number of hydrogen-bond acceptors (Lipinski definition) is 6. The lowest BCUT2D eigenvalue weighted by Crippen LogP contribution is -2.37. The van der Waals surface area contributed by atoms with E-state index in [0.717, 1.165) is 17.8 Å². The van der Waals surface area contributed by atoms with Crippen LogP contribution >= 0.6 is 11.6 Å². The predicted molar refractivity (Wildman–Crippen MR) is 106 cm³/mol. The standard InChI is InChI=1S/C19H20ClN5O3/c1-2-25-12-13(11-21-25)17-10-16(23-28-17)19(26)22-15-5-3-4-14(20)18(15)24-6-8-27-9-7-24/h3-5,10-12H,2,6-9H2,1H3,(H,22,26). The molecule has 28 heavy (non-hydrogen) atoms. The SMILES string of the molecule is CCn1cc(-c2cc(C(=O)Nc3cccc(Cl)c3N3CCOCC3)no2)cn1. The quantitative estimate of drug-likeness (QED) is 0.706. The molecule has 0 saturated carbocycles. The summed E-state index contributed by atoms with van der Waals surface area (Å²) in [7, 11) is 0. The van der Waals surface area contributed by atoms with Crippen LogP contribution in [0, 0.1) is 0 Å². The highest BCUT2D eigenvalue weighted by molar-refractivity contribution is 6.34. The summed E-state index contributed by atoms with van der Waals surface area (Å²) in [6.07, 6.45) is 3.52. The van der Waals surface area contributed by atoms with E-state index < -0.39 is 0 Å². The number of carbonyl (C=O) groups excluding carboxylic acids is 1. The molecule has 0 aliphatic carbocycles. The van der Waals surface area contributed by atoms with Gasteiger partial charge in [0.2, 0.25) is 0 Å². The summed E-state index contributed by atoms with van der Waals surface area (Å²) in [6, 6.07) is 7.03. The third-order valence-corrected chi connectivity index (χ3v) is 4.85. The first-order valence-electron chi connectivity index (χ1n) is 9.08. The molecular weight excluding hydrogens is 382 g/mol. The van der Waals surface area contributed by atoms with Gasteiger partial charge in [-0.25, -0.2) is 0 Å². The van der Waals surface area contributed by atoms with Crippen molar-refractivity contribution in [3.8, 4) is 11.3 Å². The largest absolute Gasteiger partial charge is 0.378 e. The van der Waals surface area contributed by atoms with E-state index in [0.29, 0.717) is 42.8 Å². The van der Waals surface area contributed by atoms with Crippen LogP contribution in [0.1, 0.15) is 17.4 Å². The van der Waals surface area contributed by atoms with Crippen molar-refractivity contribution >= 4 is 28.9 Å². The number of halogens is 1. The lowest BCUT2D eigenvalue weighted by atomic mass is 10.2. The zero-order valence-corrected chi connectivity index (χ0v) is 16.1.